The van der Waals surface area contributed by atoms with Crippen molar-refractivity contribution < 1.29 is 14.6 Å². The molecular formula is C9H17NO3. The van der Waals surface area contributed by atoms with Gasteiger partial charge in [-0.2, -0.15) is 0 Å². The van der Waals surface area contributed by atoms with Gasteiger partial charge < -0.3 is 15.6 Å². The summed E-state index contributed by atoms with van der Waals surface area (Å²) in [6.45, 7) is 3.81. The topological polar surface area (TPSA) is 72.6 Å². The molecule has 0 aliphatic carbocycles. The Bertz CT molecular complexity index is 199. The van der Waals surface area contributed by atoms with Crippen LogP contribution in [0.4, 0.5) is 0 Å². The van der Waals surface area contributed by atoms with E-state index in [1.54, 1.807) is 6.92 Å². The summed E-state index contributed by atoms with van der Waals surface area (Å²) >= 11 is 0. The highest BCUT2D eigenvalue weighted by atomic mass is 16.5. The lowest BCUT2D eigenvalue weighted by Crippen LogP contribution is -2.16. The summed E-state index contributed by atoms with van der Waals surface area (Å²) in [5.41, 5.74) is 5.32. The Morgan fingerprint density at radius 2 is 2.15 bits per heavy atom. The van der Waals surface area contributed by atoms with Gasteiger partial charge in [-0.3, -0.25) is 4.79 Å². The van der Waals surface area contributed by atoms with Gasteiger partial charge in [0, 0.05) is 0 Å². The van der Waals surface area contributed by atoms with Crippen LogP contribution < -0.4 is 5.73 Å². The molecule has 0 radical (unpaired) electrons. The van der Waals surface area contributed by atoms with Crippen LogP contribution in [0.5, 0.6) is 0 Å². The molecule has 0 fully saturated rings. The maximum atomic E-state index is 10.7. The summed E-state index contributed by atoms with van der Waals surface area (Å²) < 4.78 is 5.18. The van der Waals surface area contributed by atoms with Crippen molar-refractivity contribution in [3.05, 3.63) is 11.3 Å². The minimum Gasteiger partial charge on any atom is -0.495 e. The first kappa shape index (κ1) is 12.0. The summed E-state index contributed by atoms with van der Waals surface area (Å²) in [5, 5.41) is 8.85. The second-order valence-corrected chi connectivity index (χ2v) is 2.77. The number of aliphatic hydroxyl groups excluding tert-OH is 1. The molecule has 13 heavy (non-hydrogen) atoms. The van der Waals surface area contributed by atoms with E-state index in [9.17, 15) is 4.79 Å². The lowest BCUT2D eigenvalue weighted by molar-refractivity contribution is -0.114. The van der Waals surface area contributed by atoms with Crippen molar-refractivity contribution >= 4 is 5.91 Å². The average Bonchev–Trinajstić information content (AvgIpc) is 2.11. The van der Waals surface area contributed by atoms with Crippen LogP contribution in [-0.2, 0) is 9.53 Å². The molecule has 3 N–H and O–H groups in total. The van der Waals surface area contributed by atoms with Gasteiger partial charge in [-0.1, -0.05) is 13.3 Å². The highest BCUT2D eigenvalue weighted by Crippen LogP contribution is 2.05. The van der Waals surface area contributed by atoms with E-state index < -0.39 is 5.91 Å². The van der Waals surface area contributed by atoms with Crippen molar-refractivity contribution in [3.8, 4) is 0 Å². The fourth-order valence-electron chi connectivity index (χ4n) is 0.750. The molecule has 0 heterocycles. The third-order valence-corrected chi connectivity index (χ3v) is 1.71. The number of carbonyl (C=O) groups excluding carboxylic acids is 1. The Balaban J connectivity index is 4.15. The van der Waals surface area contributed by atoms with Crippen LogP contribution in [0.25, 0.3) is 0 Å². The molecule has 0 aromatic rings. The predicted octanol–water partition coefficient (Wildman–Crippen LogP) is 0.555. The minimum absolute atomic E-state index is 0.279. The number of primary amides is 1. The van der Waals surface area contributed by atoms with Gasteiger partial charge in [-0.15, -0.1) is 0 Å². The Morgan fingerprint density at radius 3 is 2.54 bits per heavy atom. The number of hydrogen-bond acceptors (Lipinski definition) is 3. The molecule has 4 heteroatoms. The van der Waals surface area contributed by atoms with Crippen molar-refractivity contribution in [1.82, 2.24) is 0 Å². The number of rotatable bonds is 6. The molecule has 0 aliphatic rings. The monoisotopic (exact) mass is 187 g/mol. The highest BCUT2D eigenvalue weighted by molar-refractivity contribution is 5.91. The number of unbranched alkanes of at least 4 members (excludes halogenated alkanes) is 1. The fraction of sp³-hybridized carbons (Fsp3) is 0.667. The second kappa shape index (κ2) is 6.48. The molecule has 0 rings (SSSR count). The number of ether oxygens (including phenoxy) is 1. The molecule has 0 aromatic carbocycles. The van der Waals surface area contributed by atoms with Gasteiger partial charge in [0.15, 0.2) is 0 Å². The van der Waals surface area contributed by atoms with Gasteiger partial charge in [-0.05, 0) is 13.3 Å². The zero-order valence-corrected chi connectivity index (χ0v) is 8.17. The van der Waals surface area contributed by atoms with Crippen molar-refractivity contribution in [2.24, 2.45) is 5.73 Å². The molecular weight excluding hydrogens is 170 g/mol. The summed E-state index contributed by atoms with van der Waals surface area (Å²) in [7, 11) is 0. The third kappa shape index (κ3) is 4.52. The van der Waals surface area contributed by atoms with E-state index >= 15 is 0 Å². The van der Waals surface area contributed by atoms with E-state index in [1.165, 1.54) is 0 Å². The normalized spacial score (nSPS) is 12.2. The van der Waals surface area contributed by atoms with Crippen LogP contribution in [-0.4, -0.2) is 24.2 Å². The molecule has 0 unspecified atom stereocenters. The van der Waals surface area contributed by atoms with E-state index in [0.29, 0.717) is 12.2 Å². The number of carbonyl (C=O) groups is 1. The Hall–Kier alpha value is -1.03. The van der Waals surface area contributed by atoms with Crippen molar-refractivity contribution in [2.75, 3.05) is 13.2 Å². The van der Waals surface area contributed by atoms with Crippen LogP contribution in [0.1, 0.15) is 26.7 Å². The molecule has 1 amide bonds. The van der Waals surface area contributed by atoms with E-state index in [0.717, 1.165) is 12.8 Å². The summed E-state index contributed by atoms with van der Waals surface area (Å²) in [5.74, 6) is -0.276. The molecule has 0 aliphatic heterocycles. The smallest absolute Gasteiger partial charge is 0.247 e. The lowest BCUT2D eigenvalue weighted by atomic mass is 10.2. The predicted molar refractivity (Wildman–Crippen MR) is 49.8 cm³/mol. The SMILES string of the molecule is CCCCOC(CO)=C(C)C(N)=O. The number of hydrogen-bond donors (Lipinski definition) is 2. The van der Waals surface area contributed by atoms with Crippen LogP contribution in [0.2, 0.25) is 0 Å². The van der Waals surface area contributed by atoms with Gasteiger partial charge >= 0.3 is 0 Å². The number of aliphatic hydroxyl groups is 1. The highest BCUT2D eigenvalue weighted by Gasteiger charge is 2.07. The van der Waals surface area contributed by atoms with Crippen LogP contribution >= 0.6 is 0 Å². The van der Waals surface area contributed by atoms with E-state index in [-0.39, 0.29) is 12.4 Å². The molecule has 0 spiro atoms. The quantitative estimate of drug-likeness (QED) is 0.362. The van der Waals surface area contributed by atoms with E-state index in [1.807, 2.05) is 6.92 Å². The first-order valence-corrected chi connectivity index (χ1v) is 4.36. The van der Waals surface area contributed by atoms with Crippen molar-refractivity contribution in [3.63, 3.8) is 0 Å². The molecule has 4 nitrogen and oxygen atoms in total. The van der Waals surface area contributed by atoms with Crippen molar-refractivity contribution in [2.45, 2.75) is 26.7 Å². The maximum absolute atomic E-state index is 10.7. The zero-order chi connectivity index (χ0) is 10.3. The Kier molecular flexibility index (Phi) is 5.97. The fourth-order valence-corrected chi connectivity index (χ4v) is 0.750. The van der Waals surface area contributed by atoms with Gasteiger partial charge in [0.25, 0.3) is 0 Å². The molecule has 0 saturated carbocycles. The van der Waals surface area contributed by atoms with Crippen molar-refractivity contribution in [1.29, 1.82) is 0 Å². The average molecular weight is 187 g/mol. The van der Waals surface area contributed by atoms with Gasteiger partial charge in [-0.25, -0.2) is 0 Å². The molecule has 76 valence electrons. The lowest BCUT2D eigenvalue weighted by Gasteiger charge is -2.09. The van der Waals surface area contributed by atoms with Gasteiger partial charge in [0.1, 0.15) is 12.4 Å². The van der Waals surface area contributed by atoms with E-state index in [2.05, 4.69) is 0 Å². The summed E-state index contributed by atoms with van der Waals surface area (Å²) in [4.78, 5) is 10.7. The largest absolute Gasteiger partial charge is 0.495 e. The molecule has 0 atom stereocenters. The number of amides is 1. The molecule has 0 aromatic heterocycles. The van der Waals surface area contributed by atoms with E-state index in [4.69, 9.17) is 15.6 Å². The number of nitrogens with two attached hydrogens (primary N) is 1. The first-order chi connectivity index (χ1) is 6.13. The van der Waals surface area contributed by atoms with Gasteiger partial charge in [0.2, 0.25) is 5.91 Å². The first-order valence-electron chi connectivity index (χ1n) is 4.36. The van der Waals surface area contributed by atoms with Gasteiger partial charge in [0.05, 0.1) is 12.2 Å². The third-order valence-electron chi connectivity index (χ3n) is 1.71. The Morgan fingerprint density at radius 1 is 1.54 bits per heavy atom. The minimum atomic E-state index is -0.555. The standard InChI is InChI=1S/C9H17NO3/c1-3-4-5-13-8(6-11)7(2)9(10)12/h11H,3-6H2,1-2H3,(H2,10,12). The van der Waals surface area contributed by atoms with Crippen LogP contribution in [0, 0.1) is 0 Å². The zero-order valence-electron chi connectivity index (χ0n) is 8.17. The van der Waals surface area contributed by atoms with Crippen LogP contribution in [0.15, 0.2) is 11.3 Å². The second-order valence-electron chi connectivity index (χ2n) is 2.77. The summed E-state index contributed by atoms with van der Waals surface area (Å²) in [6, 6.07) is 0. The summed E-state index contributed by atoms with van der Waals surface area (Å²) in [6.07, 6.45) is 1.91. The Labute approximate surface area is 78.4 Å². The molecule has 0 bridgehead atoms. The molecule has 0 saturated heterocycles. The van der Waals surface area contributed by atoms with Crippen LogP contribution in [0.3, 0.4) is 0 Å². The maximum Gasteiger partial charge on any atom is 0.247 e.